The third kappa shape index (κ3) is 1.97. The summed E-state index contributed by atoms with van der Waals surface area (Å²) in [5.41, 5.74) is 13.6. The van der Waals surface area contributed by atoms with Crippen molar-refractivity contribution in [2.24, 2.45) is 5.73 Å². The van der Waals surface area contributed by atoms with Crippen LogP contribution in [0.5, 0.6) is 0 Å². The zero-order chi connectivity index (χ0) is 12.5. The summed E-state index contributed by atoms with van der Waals surface area (Å²) in [6.45, 7) is 1.80. The number of piperidine rings is 1. The van der Waals surface area contributed by atoms with E-state index in [0.717, 1.165) is 42.8 Å². The summed E-state index contributed by atoms with van der Waals surface area (Å²) in [6, 6.07) is 8.09. The van der Waals surface area contributed by atoms with Crippen LogP contribution in [-0.4, -0.2) is 29.1 Å². The molecule has 1 aliphatic rings. The fourth-order valence-corrected chi connectivity index (χ4v) is 2.35. The number of anilines is 2. The van der Waals surface area contributed by atoms with Crippen LogP contribution in [0.3, 0.4) is 0 Å². The molecule has 5 heteroatoms. The van der Waals surface area contributed by atoms with Crippen LogP contribution in [-0.2, 0) is 0 Å². The van der Waals surface area contributed by atoms with Crippen LogP contribution in [0.4, 0.5) is 11.6 Å². The van der Waals surface area contributed by atoms with E-state index in [-0.39, 0.29) is 0 Å². The Bertz CT molecular complexity index is 560. The van der Waals surface area contributed by atoms with E-state index in [1.165, 1.54) is 0 Å². The third-order valence-electron chi connectivity index (χ3n) is 3.42. The van der Waals surface area contributed by atoms with Crippen LogP contribution in [0, 0.1) is 0 Å². The average molecular weight is 243 g/mol. The van der Waals surface area contributed by atoms with Crippen molar-refractivity contribution in [3.8, 4) is 0 Å². The third-order valence-corrected chi connectivity index (χ3v) is 3.42. The molecule has 1 aromatic heterocycles. The van der Waals surface area contributed by atoms with Crippen LogP contribution >= 0.6 is 0 Å². The minimum Gasteiger partial charge on any atom is -0.381 e. The maximum atomic E-state index is 6.01. The maximum absolute atomic E-state index is 6.01. The zero-order valence-electron chi connectivity index (χ0n) is 10.2. The second kappa shape index (κ2) is 4.42. The molecule has 0 radical (unpaired) electrons. The lowest BCUT2D eigenvalue weighted by Gasteiger charge is -2.31. The van der Waals surface area contributed by atoms with Gasteiger partial charge >= 0.3 is 0 Å². The number of hydrogen-bond acceptors (Lipinski definition) is 5. The molecule has 0 amide bonds. The fourth-order valence-electron chi connectivity index (χ4n) is 2.35. The van der Waals surface area contributed by atoms with Crippen molar-refractivity contribution in [2.75, 3.05) is 23.7 Å². The molecule has 0 spiro atoms. The summed E-state index contributed by atoms with van der Waals surface area (Å²) < 4.78 is 0. The monoisotopic (exact) mass is 243 g/mol. The molecule has 0 saturated carbocycles. The van der Waals surface area contributed by atoms with Crippen LogP contribution in [0.2, 0.25) is 0 Å². The highest BCUT2D eigenvalue weighted by molar-refractivity contribution is 5.79. The van der Waals surface area contributed by atoms with E-state index >= 15 is 0 Å². The van der Waals surface area contributed by atoms with Gasteiger partial charge in [0.1, 0.15) is 0 Å². The molecule has 1 aliphatic heterocycles. The van der Waals surface area contributed by atoms with Crippen molar-refractivity contribution < 1.29 is 0 Å². The van der Waals surface area contributed by atoms with Gasteiger partial charge in [-0.2, -0.15) is 0 Å². The van der Waals surface area contributed by atoms with E-state index in [4.69, 9.17) is 11.5 Å². The first-order valence-corrected chi connectivity index (χ1v) is 6.27. The molecule has 3 rings (SSSR count). The fraction of sp³-hybridized carbons (Fsp3) is 0.385. The van der Waals surface area contributed by atoms with Crippen molar-refractivity contribution in [3.63, 3.8) is 0 Å². The number of aromatic nitrogens is 2. The molecule has 2 heterocycles. The quantitative estimate of drug-likeness (QED) is 0.785. The van der Waals surface area contributed by atoms with Gasteiger partial charge in [0.15, 0.2) is 11.6 Å². The second-order valence-corrected chi connectivity index (χ2v) is 4.75. The number of para-hydroxylation sites is 2. The number of nitrogen functional groups attached to an aromatic ring is 1. The Morgan fingerprint density at radius 1 is 1.06 bits per heavy atom. The molecule has 0 unspecified atom stereocenters. The lowest BCUT2D eigenvalue weighted by Crippen LogP contribution is -2.40. The summed E-state index contributed by atoms with van der Waals surface area (Å²) in [6.07, 6.45) is 1.96. The maximum Gasteiger partial charge on any atom is 0.172 e. The SMILES string of the molecule is Nc1nc2ccccc2nc1N1CCC(N)CC1. The van der Waals surface area contributed by atoms with Crippen molar-refractivity contribution in [2.45, 2.75) is 18.9 Å². The van der Waals surface area contributed by atoms with Gasteiger partial charge in [0.2, 0.25) is 0 Å². The standard InChI is InChI=1S/C13H17N5/c14-9-5-7-18(8-6-9)13-12(15)16-10-3-1-2-4-11(10)17-13/h1-4,9H,5-8,14H2,(H2,15,16). The van der Waals surface area contributed by atoms with Crippen molar-refractivity contribution in [1.29, 1.82) is 0 Å². The highest BCUT2D eigenvalue weighted by Gasteiger charge is 2.20. The molecular formula is C13H17N5. The number of fused-ring (bicyclic) bond motifs is 1. The summed E-state index contributed by atoms with van der Waals surface area (Å²) in [5.74, 6) is 1.30. The van der Waals surface area contributed by atoms with Gasteiger partial charge in [0, 0.05) is 19.1 Å². The lowest BCUT2D eigenvalue weighted by molar-refractivity contribution is 0.499. The van der Waals surface area contributed by atoms with E-state index in [2.05, 4.69) is 14.9 Å². The zero-order valence-corrected chi connectivity index (χ0v) is 10.2. The molecule has 4 N–H and O–H groups in total. The van der Waals surface area contributed by atoms with Crippen LogP contribution < -0.4 is 16.4 Å². The average Bonchev–Trinajstić information content (AvgIpc) is 2.39. The number of rotatable bonds is 1. The smallest absolute Gasteiger partial charge is 0.172 e. The van der Waals surface area contributed by atoms with Crippen molar-refractivity contribution >= 4 is 22.7 Å². The Labute approximate surface area is 106 Å². The molecule has 1 aromatic carbocycles. The van der Waals surface area contributed by atoms with Gasteiger partial charge in [0.05, 0.1) is 11.0 Å². The van der Waals surface area contributed by atoms with Gasteiger partial charge in [-0.25, -0.2) is 9.97 Å². The van der Waals surface area contributed by atoms with Gasteiger partial charge in [-0.3, -0.25) is 0 Å². The Kier molecular flexibility index (Phi) is 2.76. The molecule has 1 fully saturated rings. The molecule has 0 bridgehead atoms. The topological polar surface area (TPSA) is 81.1 Å². The van der Waals surface area contributed by atoms with Gasteiger partial charge in [-0.05, 0) is 25.0 Å². The predicted octanol–water partition coefficient (Wildman–Crippen LogP) is 1.14. The first-order valence-electron chi connectivity index (χ1n) is 6.27. The Balaban J connectivity index is 1.98. The second-order valence-electron chi connectivity index (χ2n) is 4.75. The van der Waals surface area contributed by atoms with E-state index in [9.17, 15) is 0 Å². The highest BCUT2D eigenvalue weighted by Crippen LogP contribution is 2.24. The molecular weight excluding hydrogens is 226 g/mol. The van der Waals surface area contributed by atoms with Gasteiger partial charge in [0.25, 0.3) is 0 Å². The minimum atomic E-state index is 0.302. The highest BCUT2D eigenvalue weighted by atomic mass is 15.2. The summed E-state index contributed by atoms with van der Waals surface area (Å²) in [5, 5.41) is 0. The van der Waals surface area contributed by atoms with Gasteiger partial charge < -0.3 is 16.4 Å². The summed E-state index contributed by atoms with van der Waals surface area (Å²) >= 11 is 0. The molecule has 1 saturated heterocycles. The Hall–Kier alpha value is -1.88. The van der Waals surface area contributed by atoms with Crippen molar-refractivity contribution in [1.82, 2.24) is 9.97 Å². The van der Waals surface area contributed by atoms with Gasteiger partial charge in [-0.15, -0.1) is 0 Å². The lowest BCUT2D eigenvalue weighted by atomic mass is 10.1. The number of hydrogen-bond donors (Lipinski definition) is 2. The molecule has 5 nitrogen and oxygen atoms in total. The Morgan fingerprint density at radius 3 is 2.33 bits per heavy atom. The first kappa shape index (κ1) is 11.2. The van der Waals surface area contributed by atoms with Crippen LogP contribution in [0.15, 0.2) is 24.3 Å². The number of nitrogens with zero attached hydrogens (tertiary/aromatic N) is 3. The number of benzene rings is 1. The first-order chi connectivity index (χ1) is 8.74. The normalized spacial score (nSPS) is 17.3. The minimum absolute atomic E-state index is 0.302. The molecule has 18 heavy (non-hydrogen) atoms. The van der Waals surface area contributed by atoms with Gasteiger partial charge in [-0.1, -0.05) is 12.1 Å². The van der Waals surface area contributed by atoms with Crippen LogP contribution in [0.1, 0.15) is 12.8 Å². The summed E-state index contributed by atoms with van der Waals surface area (Å²) in [4.78, 5) is 11.2. The molecule has 94 valence electrons. The van der Waals surface area contributed by atoms with E-state index in [1.54, 1.807) is 0 Å². The van der Waals surface area contributed by atoms with E-state index < -0.39 is 0 Å². The molecule has 0 aliphatic carbocycles. The van der Waals surface area contributed by atoms with Crippen molar-refractivity contribution in [3.05, 3.63) is 24.3 Å². The largest absolute Gasteiger partial charge is 0.381 e. The summed E-state index contributed by atoms with van der Waals surface area (Å²) in [7, 11) is 0. The van der Waals surface area contributed by atoms with Crippen LogP contribution in [0.25, 0.3) is 11.0 Å². The van der Waals surface area contributed by atoms with E-state index in [1.807, 2.05) is 24.3 Å². The predicted molar refractivity (Wildman–Crippen MR) is 73.4 cm³/mol. The number of nitrogens with two attached hydrogens (primary N) is 2. The molecule has 2 aromatic rings. The molecule has 0 atom stereocenters. The van der Waals surface area contributed by atoms with E-state index in [0.29, 0.717) is 11.9 Å². The Morgan fingerprint density at radius 2 is 1.67 bits per heavy atom.